The highest BCUT2D eigenvalue weighted by atomic mass is 79.9. The molecule has 15 heavy (non-hydrogen) atoms. The fraction of sp³-hybridized carbons (Fsp3) is 0.364. The molecule has 1 aromatic carbocycles. The first kappa shape index (κ1) is 12.2. The van der Waals surface area contributed by atoms with Gasteiger partial charge in [-0.15, -0.1) is 0 Å². The minimum absolute atomic E-state index is 0.0308. The van der Waals surface area contributed by atoms with E-state index in [4.69, 9.17) is 0 Å². The molecule has 1 N–H and O–H groups in total. The van der Waals surface area contributed by atoms with Crippen molar-refractivity contribution in [1.82, 2.24) is 0 Å². The number of aliphatic hydroxyl groups is 1. The molecule has 82 valence electrons. The van der Waals surface area contributed by atoms with Crippen LogP contribution >= 0.6 is 15.9 Å². The maximum atomic E-state index is 10.9. The number of esters is 1. The predicted molar refractivity (Wildman–Crippen MR) is 60.5 cm³/mol. The lowest BCUT2D eigenvalue weighted by Crippen LogP contribution is -2.17. The zero-order valence-corrected chi connectivity index (χ0v) is 10.0. The number of rotatable bonds is 4. The number of methoxy groups -OCH3 is 1. The molecule has 0 fully saturated rings. The lowest BCUT2D eigenvalue weighted by Gasteiger charge is -2.09. The smallest absolute Gasteiger partial charge is 0.308 e. The summed E-state index contributed by atoms with van der Waals surface area (Å²) in [7, 11) is 1.31. The van der Waals surface area contributed by atoms with E-state index in [1.54, 1.807) is 0 Å². The van der Waals surface area contributed by atoms with Gasteiger partial charge in [0.1, 0.15) is 0 Å². The summed E-state index contributed by atoms with van der Waals surface area (Å²) >= 11 is 3.34. The Morgan fingerprint density at radius 3 is 2.93 bits per heavy atom. The summed E-state index contributed by atoms with van der Waals surface area (Å²) in [6.45, 7) is 0. The van der Waals surface area contributed by atoms with Crippen molar-refractivity contribution in [3.05, 3.63) is 34.3 Å². The Morgan fingerprint density at radius 2 is 2.33 bits per heavy atom. The highest BCUT2D eigenvalue weighted by Crippen LogP contribution is 2.14. The summed E-state index contributed by atoms with van der Waals surface area (Å²) in [4.78, 5) is 10.9. The van der Waals surface area contributed by atoms with E-state index < -0.39 is 12.1 Å². The average molecular weight is 273 g/mol. The Bertz CT molecular complexity index is 338. The Morgan fingerprint density at radius 1 is 1.60 bits per heavy atom. The summed E-state index contributed by atoms with van der Waals surface area (Å²) < 4.78 is 5.44. The molecule has 0 aromatic heterocycles. The molecule has 0 unspecified atom stereocenters. The van der Waals surface area contributed by atoms with Crippen LogP contribution in [0.1, 0.15) is 12.0 Å². The molecule has 1 aromatic rings. The third-order valence-corrected chi connectivity index (χ3v) is 2.48. The Kier molecular flexibility index (Phi) is 4.78. The van der Waals surface area contributed by atoms with Crippen molar-refractivity contribution in [3.8, 4) is 0 Å². The molecule has 0 aliphatic carbocycles. The highest BCUT2D eigenvalue weighted by molar-refractivity contribution is 9.10. The molecule has 0 aliphatic rings. The summed E-state index contributed by atoms with van der Waals surface area (Å²) in [6.07, 6.45) is -0.205. The van der Waals surface area contributed by atoms with Gasteiger partial charge in [0.15, 0.2) is 0 Å². The van der Waals surface area contributed by atoms with Crippen LogP contribution in [0.3, 0.4) is 0 Å². The summed E-state index contributed by atoms with van der Waals surface area (Å²) in [5, 5.41) is 9.58. The van der Waals surface area contributed by atoms with Gasteiger partial charge < -0.3 is 9.84 Å². The van der Waals surface area contributed by atoms with E-state index >= 15 is 0 Å². The van der Waals surface area contributed by atoms with Gasteiger partial charge in [-0.2, -0.15) is 0 Å². The lowest BCUT2D eigenvalue weighted by atomic mass is 10.1. The summed E-state index contributed by atoms with van der Waals surface area (Å²) in [5.74, 6) is -0.391. The second kappa shape index (κ2) is 5.88. The van der Waals surface area contributed by atoms with Gasteiger partial charge in [-0.25, -0.2) is 0 Å². The SMILES string of the molecule is COC(=O)C[C@@H](O)Cc1cccc(Br)c1. The molecule has 0 aliphatic heterocycles. The first-order chi connectivity index (χ1) is 7.11. The molecule has 0 spiro atoms. The van der Waals surface area contributed by atoms with Gasteiger partial charge in [0, 0.05) is 4.47 Å². The molecule has 0 amide bonds. The van der Waals surface area contributed by atoms with E-state index in [1.807, 2.05) is 24.3 Å². The molecule has 3 nitrogen and oxygen atoms in total. The molecule has 0 saturated heterocycles. The number of benzene rings is 1. The van der Waals surface area contributed by atoms with Crippen molar-refractivity contribution < 1.29 is 14.6 Å². The highest BCUT2D eigenvalue weighted by Gasteiger charge is 2.11. The largest absolute Gasteiger partial charge is 0.469 e. The van der Waals surface area contributed by atoms with Gasteiger partial charge in [0.05, 0.1) is 19.6 Å². The normalized spacial score (nSPS) is 12.2. The zero-order chi connectivity index (χ0) is 11.3. The maximum absolute atomic E-state index is 10.9. The molecular formula is C11H13BrO3. The lowest BCUT2D eigenvalue weighted by molar-refractivity contribution is -0.142. The van der Waals surface area contributed by atoms with Crippen molar-refractivity contribution in [1.29, 1.82) is 0 Å². The molecule has 4 heteroatoms. The van der Waals surface area contributed by atoms with E-state index in [0.29, 0.717) is 6.42 Å². The van der Waals surface area contributed by atoms with Crippen molar-refractivity contribution >= 4 is 21.9 Å². The van der Waals surface area contributed by atoms with E-state index in [1.165, 1.54) is 7.11 Å². The van der Waals surface area contributed by atoms with Gasteiger partial charge in [-0.1, -0.05) is 28.1 Å². The minimum atomic E-state index is -0.688. The number of carbonyl (C=O) groups is 1. The van der Waals surface area contributed by atoms with Crippen molar-refractivity contribution in [2.24, 2.45) is 0 Å². The van der Waals surface area contributed by atoms with E-state index in [2.05, 4.69) is 20.7 Å². The number of carbonyl (C=O) groups excluding carboxylic acids is 1. The topological polar surface area (TPSA) is 46.5 Å². The number of aliphatic hydroxyl groups excluding tert-OH is 1. The first-order valence-electron chi connectivity index (χ1n) is 4.61. The van der Waals surface area contributed by atoms with Crippen LogP contribution in [0.15, 0.2) is 28.7 Å². The molecule has 0 bridgehead atoms. The minimum Gasteiger partial charge on any atom is -0.469 e. The molecule has 0 radical (unpaired) electrons. The maximum Gasteiger partial charge on any atom is 0.308 e. The molecule has 0 heterocycles. The Balaban J connectivity index is 2.51. The van der Waals surface area contributed by atoms with E-state index in [0.717, 1.165) is 10.0 Å². The van der Waals surface area contributed by atoms with E-state index in [-0.39, 0.29) is 6.42 Å². The zero-order valence-electron chi connectivity index (χ0n) is 8.44. The van der Waals surface area contributed by atoms with Crippen LogP contribution in [0, 0.1) is 0 Å². The van der Waals surface area contributed by atoms with Crippen LogP contribution < -0.4 is 0 Å². The standard InChI is InChI=1S/C11H13BrO3/c1-15-11(14)7-10(13)6-8-3-2-4-9(12)5-8/h2-5,10,13H,6-7H2,1H3/t10-/m0/s1. The van der Waals surface area contributed by atoms with Crippen LogP contribution in [-0.4, -0.2) is 24.3 Å². The third kappa shape index (κ3) is 4.44. The quantitative estimate of drug-likeness (QED) is 0.852. The molecule has 1 rings (SSSR count). The van der Waals surface area contributed by atoms with Crippen LogP contribution in [0.25, 0.3) is 0 Å². The molecular weight excluding hydrogens is 260 g/mol. The van der Waals surface area contributed by atoms with Gasteiger partial charge in [-0.05, 0) is 24.1 Å². The number of hydrogen-bond donors (Lipinski definition) is 1. The average Bonchev–Trinajstić information content (AvgIpc) is 2.17. The van der Waals surface area contributed by atoms with Gasteiger partial charge in [-0.3, -0.25) is 4.79 Å². The molecule has 0 saturated carbocycles. The van der Waals surface area contributed by atoms with Gasteiger partial charge in [0.25, 0.3) is 0 Å². The molecule has 1 atom stereocenters. The van der Waals surface area contributed by atoms with E-state index in [9.17, 15) is 9.90 Å². The Labute approximate surface area is 97.2 Å². The summed E-state index contributed by atoms with van der Waals surface area (Å²) in [5.41, 5.74) is 0.987. The monoisotopic (exact) mass is 272 g/mol. The first-order valence-corrected chi connectivity index (χ1v) is 5.40. The fourth-order valence-electron chi connectivity index (χ4n) is 1.28. The number of ether oxygens (including phenoxy) is 1. The second-order valence-corrected chi connectivity index (χ2v) is 4.18. The van der Waals surface area contributed by atoms with Crippen molar-refractivity contribution in [2.75, 3.05) is 7.11 Å². The van der Waals surface area contributed by atoms with Crippen LogP contribution in [0.4, 0.5) is 0 Å². The van der Waals surface area contributed by atoms with Crippen LogP contribution in [0.5, 0.6) is 0 Å². The van der Waals surface area contributed by atoms with Crippen molar-refractivity contribution in [3.63, 3.8) is 0 Å². The summed E-state index contributed by atoms with van der Waals surface area (Å²) in [6, 6.07) is 7.63. The second-order valence-electron chi connectivity index (χ2n) is 3.27. The fourth-order valence-corrected chi connectivity index (χ4v) is 1.73. The Hall–Kier alpha value is -0.870. The van der Waals surface area contributed by atoms with Crippen molar-refractivity contribution in [2.45, 2.75) is 18.9 Å². The number of halogens is 1. The van der Waals surface area contributed by atoms with Gasteiger partial charge in [0.2, 0.25) is 0 Å². The van der Waals surface area contributed by atoms with Gasteiger partial charge >= 0.3 is 5.97 Å². The third-order valence-electron chi connectivity index (χ3n) is 1.99. The number of hydrogen-bond acceptors (Lipinski definition) is 3. The van der Waals surface area contributed by atoms with Crippen LogP contribution in [0.2, 0.25) is 0 Å². The predicted octanol–water partition coefficient (Wildman–Crippen LogP) is 1.92. The van der Waals surface area contributed by atoms with Crippen LogP contribution in [-0.2, 0) is 16.0 Å².